The molecule has 1 saturated heterocycles. The molecule has 2 heterocycles. The van der Waals surface area contributed by atoms with Gasteiger partial charge in [0, 0.05) is 0 Å². The summed E-state index contributed by atoms with van der Waals surface area (Å²) in [6, 6.07) is 0.0282. The molecule has 0 radical (unpaired) electrons. The van der Waals surface area contributed by atoms with Gasteiger partial charge in [0.15, 0.2) is 12.3 Å². The summed E-state index contributed by atoms with van der Waals surface area (Å²) in [5.41, 5.74) is 5.25. The molecule has 0 spiro atoms. The highest BCUT2D eigenvalue weighted by Gasteiger charge is 2.48. The van der Waals surface area contributed by atoms with Crippen LogP contribution in [0.3, 0.4) is 0 Å². The Kier molecular flexibility index (Phi) is 1.67. The van der Waals surface area contributed by atoms with Crippen molar-refractivity contribution in [1.29, 1.82) is 0 Å². The van der Waals surface area contributed by atoms with Crippen LogP contribution in [0.5, 0.6) is 0 Å². The fourth-order valence-electron chi connectivity index (χ4n) is 1.40. The smallest absolute Gasteiger partial charge is 0.285 e. The van der Waals surface area contributed by atoms with Gasteiger partial charge in [-0.15, -0.1) is 0 Å². The minimum absolute atomic E-state index is 0.0282. The van der Waals surface area contributed by atoms with Crippen molar-refractivity contribution in [2.24, 2.45) is 10.7 Å². The van der Waals surface area contributed by atoms with Crippen LogP contribution in [0.15, 0.2) is 4.99 Å². The van der Waals surface area contributed by atoms with Crippen LogP contribution in [-0.2, 0) is 9.47 Å². The highest BCUT2D eigenvalue weighted by Crippen LogP contribution is 2.28. The van der Waals surface area contributed by atoms with Crippen LogP contribution in [0, 0.1) is 0 Å². The molecule has 2 rings (SSSR count). The van der Waals surface area contributed by atoms with Gasteiger partial charge >= 0.3 is 0 Å². The van der Waals surface area contributed by atoms with Crippen LogP contribution in [0.4, 0.5) is 0 Å². The molecule has 12 heavy (non-hydrogen) atoms. The van der Waals surface area contributed by atoms with Crippen LogP contribution in [0.2, 0.25) is 0 Å². The Bertz CT molecular complexity index is 220. The number of ether oxygens (including phenoxy) is 2. The number of hydrogen-bond donors (Lipinski definition) is 3. The number of nitrogens with two attached hydrogens (primary N) is 1. The first kappa shape index (κ1) is 7.78. The topological polar surface area (TPSA) is 97.3 Å². The second kappa shape index (κ2) is 2.58. The molecule has 0 amide bonds. The van der Waals surface area contributed by atoms with E-state index < -0.39 is 24.5 Å². The first-order chi connectivity index (χ1) is 5.72. The van der Waals surface area contributed by atoms with E-state index in [1.54, 1.807) is 0 Å². The molecule has 4 N–H and O–H groups in total. The summed E-state index contributed by atoms with van der Waals surface area (Å²) in [5.74, 6) is 0. The summed E-state index contributed by atoms with van der Waals surface area (Å²) >= 11 is 0. The Hall–Kier alpha value is -0.850. The monoisotopic (exact) mass is 174 g/mol. The number of fused-ring (bicyclic) bond motifs is 1. The number of hydrogen-bond acceptors (Lipinski definition) is 6. The zero-order chi connectivity index (χ0) is 8.72. The van der Waals surface area contributed by atoms with Crippen molar-refractivity contribution < 1.29 is 19.7 Å². The summed E-state index contributed by atoms with van der Waals surface area (Å²) in [7, 11) is 0. The first-order valence-electron chi connectivity index (χ1n) is 3.66. The zero-order valence-corrected chi connectivity index (χ0v) is 6.25. The summed E-state index contributed by atoms with van der Waals surface area (Å²) in [6.45, 7) is -0.243. The predicted molar refractivity (Wildman–Crippen MR) is 38.2 cm³/mol. The molecule has 0 bridgehead atoms. The van der Waals surface area contributed by atoms with Crippen LogP contribution in [0.1, 0.15) is 0 Å². The normalized spacial score (nSPS) is 45.3. The largest absolute Gasteiger partial charge is 0.454 e. The maximum Gasteiger partial charge on any atom is 0.285 e. The zero-order valence-electron chi connectivity index (χ0n) is 6.25. The van der Waals surface area contributed by atoms with Crippen molar-refractivity contribution in [2.45, 2.75) is 24.5 Å². The lowest BCUT2D eigenvalue weighted by atomic mass is 10.1. The maximum atomic E-state index is 9.44. The summed E-state index contributed by atoms with van der Waals surface area (Å²) in [5, 5.41) is 18.2. The molecule has 6 nitrogen and oxygen atoms in total. The molecule has 0 aromatic rings. The van der Waals surface area contributed by atoms with Gasteiger partial charge in [-0.2, -0.15) is 4.99 Å². The molecule has 0 aromatic heterocycles. The van der Waals surface area contributed by atoms with Gasteiger partial charge in [-0.25, -0.2) is 0 Å². The van der Waals surface area contributed by atoms with Crippen LogP contribution in [-0.4, -0.2) is 47.4 Å². The van der Waals surface area contributed by atoms with E-state index in [4.69, 9.17) is 20.3 Å². The Morgan fingerprint density at radius 2 is 2.33 bits per heavy atom. The molecule has 2 aliphatic rings. The van der Waals surface area contributed by atoms with Gasteiger partial charge in [0.2, 0.25) is 0 Å². The molecule has 0 aromatic carbocycles. The lowest BCUT2D eigenvalue weighted by molar-refractivity contribution is -0.0206. The summed E-state index contributed by atoms with van der Waals surface area (Å²) in [6.07, 6.45) is -2.58. The van der Waals surface area contributed by atoms with Crippen LogP contribution < -0.4 is 5.73 Å². The van der Waals surface area contributed by atoms with E-state index in [-0.39, 0.29) is 12.6 Å². The second-order valence-electron chi connectivity index (χ2n) is 2.79. The molecule has 0 aliphatic carbocycles. The number of aliphatic hydroxyl groups excluding tert-OH is 2. The molecule has 1 unspecified atom stereocenters. The number of amidine groups is 1. The van der Waals surface area contributed by atoms with E-state index in [0.29, 0.717) is 0 Å². The van der Waals surface area contributed by atoms with Crippen molar-refractivity contribution >= 4 is 6.02 Å². The molecule has 68 valence electrons. The van der Waals surface area contributed by atoms with Gasteiger partial charge in [-0.3, -0.25) is 0 Å². The molecule has 2 aliphatic heterocycles. The fraction of sp³-hybridized carbons (Fsp3) is 0.833. The Morgan fingerprint density at radius 3 is 2.92 bits per heavy atom. The average molecular weight is 174 g/mol. The molecule has 4 atom stereocenters. The lowest BCUT2D eigenvalue weighted by Gasteiger charge is -2.13. The molecular weight excluding hydrogens is 164 g/mol. The maximum absolute atomic E-state index is 9.44. The van der Waals surface area contributed by atoms with Gasteiger partial charge in [-0.05, 0) is 0 Å². The van der Waals surface area contributed by atoms with Crippen molar-refractivity contribution in [3.63, 3.8) is 0 Å². The first-order valence-corrected chi connectivity index (χ1v) is 3.66. The third-order valence-electron chi connectivity index (χ3n) is 2.00. The summed E-state index contributed by atoms with van der Waals surface area (Å²) in [4.78, 5) is 3.78. The standard InChI is InChI=1S/C6H10N2O4/c7-6-8-5-4(12-6)3(10)2(1-9)11-5/h2-5,9-10H,1H2,(H2,7,8)/t2-,3-,4+,5?/m1/s1. The van der Waals surface area contributed by atoms with E-state index in [9.17, 15) is 5.11 Å². The Labute approximate surface area is 68.6 Å². The quantitative estimate of drug-likeness (QED) is 0.418. The molecule has 0 saturated carbocycles. The molecule has 6 heteroatoms. The van der Waals surface area contributed by atoms with Gasteiger partial charge in [-0.1, -0.05) is 0 Å². The van der Waals surface area contributed by atoms with Gasteiger partial charge < -0.3 is 25.4 Å². The van der Waals surface area contributed by atoms with Crippen molar-refractivity contribution in [2.75, 3.05) is 6.61 Å². The minimum Gasteiger partial charge on any atom is -0.454 e. The fourth-order valence-corrected chi connectivity index (χ4v) is 1.40. The van der Waals surface area contributed by atoms with Crippen molar-refractivity contribution in [1.82, 2.24) is 0 Å². The molecular formula is C6H10N2O4. The van der Waals surface area contributed by atoms with E-state index in [2.05, 4.69) is 4.99 Å². The highest BCUT2D eigenvalue weighted by atomic mass is 16.6. The lowest BCUT2D eigenvalue weighted by Crippen LogP contribution is -2.35. The number of aliphatic hydroxyl groups is 2. The number of aliphatic imine (C=N–C) groups is 1. The SMILES string of the molecule is NC1=NC2O[C@H](CO)[C@@H](O)[C@@H]2O1. The third-order valence-corrected chi connectivity index (χ3v) is 2.00. The van der Waals surface area contributed by atoms with E-state index in [1.807, 2.05) is 0 Å². The Morgan fingerprint density at radius 1 is 1.58 bits per heavy atom. The van der Waals surface area contributed by atoms with Crippen LogP contribution >= 0.6 is 0 Å². The average Bonchev–Trinajstić information content (AvgIpc) is 2.51. The van der Waals surface area contributed by atoms with E-state index in [0.717, 1.165) is 0 Å². The van der Waals surface area contributed by atoms with Gasteiger partial charge in [0.25, 0.3) is 6.02 Å². The second-order valence-corrected chi connectivity index (χ2v) is 2.79. The van der Waals surface area contributed by atoms with Gasteiger partial charge in [0.1, 0.15) is 12.2 Å². The molecule has 1 fully saturated rings. The summed E-state index contributed by atoms with van der Waals surface area (Å²) < 4.78 is 10.1. The predicted octanol–water partition coefficient (Wildman–Crippen LogP) is -2.22. The number of rotatable bonds is 1. The van der Waals surface area contributed by atoms with E-state index >= 15 is 0 Å². The third kappa shape index (κ3) is 0.961. The van der Waals surface area contributed by atoms with Crippen LogP contribution in [0.25, 0.3) is 0 Å². The number of nitrogens with zero attached hydrogens (tertiary/aromatic N) is 1. The van der Waals surface area contributed by atoms with E-state index in [1.165, 1.54) is 0 Å². The minimum atomic E-state index is -0.857. The van der Waals surface area contributed by atoms with Crippen molar-refractivity contribution in [3.8, 4) is 0 Å². The van der Waals surface area contributed by atoms with Gasteiger partial charge in [0.05, 0.1) is 6.61 Å². The van der Waals surface area contributed by atoms with Crippen molar-refractivity contribution in [3.05, 3.63) is 0 Å². The highest BCUT2D eigenvalue weighted by molar-refractivity contribution is 5.73. The Balaban J connectivity index is 2.10.